The van der Waals surface area contributed by atoms with E-state index in [9.17, 15) is 9.59 Å². The number of hydrogen-bond donors (Lipinski definition) is 3. The molecule has 0 radical (unpaired) electrons. The van der Waals surface area contributed by atoms with Gasteiger partial charge >= 0.3 is 11.9 Å². The van der Waals surface area contributed by atoms with Crippen LogP contribution in [0.5, 0.6) is 0 Å². The first-order valence-electron chi connectivity index (χ1n) is 4.80. The molecule has 0 aliphatic heterocycles. The van der Waals surface area contributed by atoms with E-state index in [4.69, 9.17) is 14.6 Å². The Balaban J connectivity index is 2.39. The second-order valence-electron chi connectivity index (χ2n) is 3.28. The van der Waals surface area contributed by atoms with Crippen LogP contribution < -0.4 is 5.32 Å². The van der Waals surface area contributed by atoms with Crippen molar-refractivity contribution in [3.63, 3.8) is 0 Å². The average Bonchev–Trinajstić information content (AvgIpc) is 2.69. The van der Waals surface area contributed by atoms with Gasteiger partial charge in [0.2, 0.25) is 0 Å². The summed E-state index contributed by atoms with van der Waals surface area (Å²) in [7, 11) is 0. The molecule has 0 bridgehead atoms. The van der Waals surface area contributed by atoms with E-state index in [1.165, 1.54) is 6.26 Å². The normalized spacial score (nSPS) is 12.2. The van der Waals surface area contributed by atoms with Gasteiger partial charge in [0.25, 0.3) is 0 Å². The summed E-state index contributed by atoms with van der Waals surface area (Å²) in [6, 6.07) is 2.54. The molecular weight excluding hydrogens is 214 g/mol. The summed E-state index contributed by atoms with van der Waals surface area (Å²) >= 11 is 0. The lowest BCUT2D eigenvalue weighted by Gasteiger charge is -2.11. The van der Waals surface area contributed by atoms with Gasteiger partial charge in [0.1, 0.15) is 11.8 Å². The molecule has 0 saturated heterocycles. The summed E-state index contributed by atoms with van der Waals surface area (Å²) in [6.07, 6.45) is 1.36. The number of furan rings is 1. The van der Waals surface area contributed by atoms with Crippen molar-refractivity contribution in [3.8, 4) is 0 Å². The van der Waals surface area contributed by atoms with Crippen LogP contribution in [-0.4, -0.2) is 28.2 Å². The zero-order valence-corrected chi connectivity index (χ0v) is 8.55. The molecule has 0 aromatic carbocycles. The number of rotatable bonds is 7. The maximum Gasteiger partial charge on any atom is 0.320 e. The van der Waals surface area contributed by atoms with Gasteiger partial charge in [-0.25, -0.2) is 0 Å². The Kier molecular flexibility index (Phi) is 4.53. The Bertz CT molecular complexity index is 346. The van der Waals surface area contributed by atoms with E-state index in [1.54, 1.807) is 12.1 Å². The first kappa shape index (κ1) is 12.3. The Morgan fingerprint density at radius 1 is 1.44 bits per heavy atom. The highest BCUT2D eigenvalue weighted by Crippen LogP contribution is 2.03. The molecule has 16 heavy (non-hydrogen) atoms. The maximum absolute atomic E-state index is 10.8. The van der Waals surface area contributed by atoms with E-state index in [1.807, 2.05) is 0 Å². The van der Waals surface area contributed by atoms with E-state index in [-0.39, 0.29) is 19.4 Å². The second-order valence-corrected chi connectivity index (χ2v) is 3.28. The first-order chi connectivity index (χ1) is 7.59. The van der Waals surface area contributed by atoms with Crippen molar-refractivity contribution in [1.82, 2.24) is 5.32 Å². The molecule has 0 unspecified atom stereocenters. The third-order valence-electron chi connectivity index (χ3n) is 2.05. The molecule has 0 fully saturated rings. The SMILES string of the molecule is O=C(O)CC[C@H](NCc1ccco1)C(=O)O. The molecule has 1 heterocycles. The van der Waals surface area contributed by atoms with Gasteiger partial charge in [0.15, 0.2) is 0 Å². The minimum absolute atomic E-state index is 0.0470. The summed E-state index contributed by atoms with van der Waals surface area (Å²) in [4.78, 5) is 21.1. The molecule has 6 nitrogen and oxygen atoms in total. The van der Waals surface area contributed by atoms with Gasteiger partial charge in [0, 0.05) is 6.42 Å². The summed E-state index contributed by atoms with van der Waals surface area (Å²) in [6.45, 7) is 0.267. The molecule has 3 N–H and O–H groups in total. The second kappa shape index (κ2) is 5.92. The molecule has 1 atom stereocenters. The lowest BCUT2D eigenvalue weighted by molar-refractivity contribution is -0.140. The van der Waals surface area contributed by atoms with Crippen LogP contribution in [0.15, 0.2) is 22.8 Å². The average molecular weight is 227 g/mol. The molecule has 1 aromatic heterocycles. The van der Waals surface area contributed by atoms with E-state index >= 15 is 0 Å². The zero-order valence-electron chi connectivity index (χ0n) is 8.55. The number of hydrogen-bond acceptors (Lipinski definition) is 4. The molecule has 6 heteroatoms. The fourth-order valence-corrected chi connectivity index (χ4v) is 1.22. The quantitative estimate of drug-likeness (QED) is 0.633. The molecule has 0 saturated carbocycles. The Morgan fingerprint density at radius 2 is 2.19 bits per heavy atom. The van der Waals surface area contributed by atoms with E-state index in [0.717, 1.165) is 0 Å². The lowest BCUT2D eigenvalue weighted by atomic mass is 10.1. The molecule has 0 aliphatic rings. The van der Waals surface area contributed by atoms with Crippen molar-refractivity contribution in [2.75, 3.05) is 0 Å². The molecular formula is C10H13NO5. The predicted molar refractivity (Wildman–Crippen MR) is 53.8 cm³/mol. The molecule has 88 valence electrons. The van der Waals surface area contributed by atoms with E-state index in [2.05, 4.69) is 5.32 Å². The van der Waals surface area contributed by atoms with Crippen LogP contribution in [-0.2, 0) is 16.1 Å². The Morgan fingerprint density at radius 3 is 2.69 bits per heavy atom. The van der Waals surface area contributed by atoms with Crippen LogP contribution in [0.4, 0.5) is 0 Å². The van der Waals surface area contributed by atoms with Gasteiger partial charge in [-0.2, -0.15) is 0 Å². The van der Waals surface area contributed by atoms with Crippen LogP contribution in [0.25, 0.3) is 0 Å². The highest BCUT2D eigenvalue weighted by Gasteiger charge is 2.18. The summed E-state index contributed by atoms with van der Waals surface area (Å²) in [5.74, 6) is -1.46. The zero-order chi connectivity index (χ0) is 12.0. The Labute approximate surface area is 91.9 Å². The molecule has 0 spiro atoms. The van der Waals surface area contributed by atoms with Gasteiger partial charge < -0.3 is 14.6 Å². The highest BCUT2D eigenvalue weighted by molar-refractivity contribution is 5.75. The van der Waals surface area contributed by atoms with Crippen molar-refractivity contribution in [1.29, 1.82) is 0 Å². The van der Waals surface area contributed by atoms with Crippen molar-refractivity contribution < 1.29 is 24.2 Å². The lowest BCUT2D eigenvalue weighted by Crippen LogP contribution is -2.36. The number of aliphatic carboxylic acids is 2. The number of nitrogens with one attached hydrogen (secondary N) is 1. The van der Waals surface area contributed by atoms with Gasteiger partial charge in [-0.15, -0.1) is 0 Å². The monoisotopic (exact) mass is 227 g/mol. The van der Waals surface area contributed by atoms with Crippen LogP contribution in [0.2, 0.25) is 0 Å². The van der Waals surface area contributed by atoms with Crippen molar-refractivity contribution in [2.45, 2.75) is 25.4 Å². The van der Waals surface area contributed by atoms with E-state index < -0.39 is 18.0 Å². The van der Waals surface area contributed by atoms with Crippen molar-refractivity contribution in [3.05, 3.63) is 24.2 Å². The molecule has 0 aliphatic carbocycles. The minimum Gasteiger partial charge on any atom is -0.481 e. The summed E-state index contributed by atoms with van der Waals surface area (Å²) < 4.78 is 5.02. The smallest absolute Gasteiger partial charge is 0.320 e. The number of carbonyl (C=O) groups is 2. The maximum atomic E-state index is 10.8. The fourth-order valence-electron chi connectivity index (χ4n) is 1.22. The van der Waals surface area contributed by atoms with Crippen LogP contribution >= 0.6 is 0 Å². The van der Waals surface area contributed by atoms with Gasteiger partial charge in [0.05, 0.1) is 12.8 Å². The van der Waals surface area contributed by atoms with Gasteiger partial charge in [-0.1, -0.05) is 0 Å². The molecule has 1 rings (SSSR count). The molecule has 1 aromatic rings. The highest BCUT2D eigenvalue weighted by atomic mass is 16.4. The largest absolute Gasteiger partial charge is 0.481 e. The fraction of sp³-hybridized carbons (Fsp3) is 0.400. The van der Waals surface area contributed by atoms with E-state index in [0.29, 0.717) is 5.76 Å². The van der Waals surface area contributed by atoms with Crippen molar-refractivity contribution in [2.24, 2.45) is 0 Å². The predicted octanol–water partition coefficient (Wildman–Crippen LogP) is 0.687. The topological polar surface area (TPSA) is 99.8 Å². The third-order valence-corrected chi connectivity index (χ3v) is 2.05. The first-order valence-corrected chi connectivity index (χ1v) is 4.80. The number of carboxylic acids is 2. The van der Waals surface area contributed by atoms with Crippen LogP contribution in [0.1, 0.15) is 18.6 Å². The number of carboxylic acid groups (broad SMARTS) is 2. The van der Waals surface area contributed by atoms with Crippen LogP contribution in [0.3, 0.4) is 0 Å². The van der Waals surface area contributed by atoms with Crippen molar-refractivity contribution >= 4 is 11.9 Å². The molecule has 0 amide bonds. The van der Waals surface area contributed by atoms with Crippen LogP contribution in [0, 0.1) is 0 Å². The summed E-state index contributed by atoms with van der Waals surface area (Å²) in [5, 5.41) is 20.0. The van der Waals surface area contributed by atoms with Gasteiger partial charge in [-0.3, -0.25) is 14.9 Å². The van der Waals surface area contributed by atoms with Gasteiger partial charge in [-0.05, 0) is 18.6 Å². The third kappa shape index (κ3) is 4.14. The minimum atomic E-state index is -1.06. The Hall–Kier alpha value is -1.82. The standard InChI is InChI=1S/C10H13NO5/c12-9(13)4-3-8(10(14)15)11-6-7-2-1-5-16-7/h1-2,5,8,11H,3-4,6H2,(H,12,13)(H,14,15)/t8-/m0/s1. The summed E-state index contributed by atoms with van der Waals surface area (Å²) in [5.41, 5.74) is 0.